The number of nitrogens with zero attached hydrogens (tertiary/aromatic N) is 2. The maximum absolute atomic E-state index is 13.9. The Balaban J connectivity index is 2.53. The first kappa shape index (κ1) is 18.2. The Morgan fingerprint density at radius 3 is 2.68 bits per heavy atom. The van der Waals surface area contributed by atoms with Crippen LogP contribution in [-0.4, -0.2) is 16.1 Å². The molecule has 7 heteroatoms. The molecule has 126 valence electrons. The fourth-order valence-electron chi connectivity index (χ4n) is 2.03. The molecule has 0 atom stereocenters. The molecule has 0 amide bonds. The first-order valence-electron chi connectivity index (χ1n) is 6.97. The summed E-state index contributed by atoms with van der Waals surface area (Å²) < 4.78 is 27.0. The van der Waals surface area contributed by atoms with Crippen molar-refractivity contribution in [1.82, 2.24) is 4.98 Å². The molecule has 0 unspecified atom stereocenters. The molecule has 0 aliphatic rings. The van der Waals surface area contributed by atoms with Crippen LogP contribution in [0.5, 0.6) is 0 Å². The highest BCUT2D eigenvalue weighted by Crippen LogP contribution is 2.27. The van der Waals surface area contributed by atoms with Crippen LogP contribution in [-0.2, 0) is 0 Å². The van der Waals surface area contributed by atoms with Crippen LogP contribution >= 0.6 is 11.3 Å². The highest BCUT2D eigenvalue weighted by Gasteiger charge is 2.13. The number of allylic oxidation sites excluding steroid dienone is 5. The number of carboxylic acid groups (broad SMARTS) is 1. The molecule has 0 aliphatic heterocycles. The number of carbonyl (C=O) groups is 1. The van der Waals surface area contributed by atoms with Gasteiger partial charge in [0.1, 0.15) is 21.5 Å². The van der Waals surface area contributed by atoms with Crippen LogP contribution in [0.3, 0.4) is 0 Å². The zero-order valence-electron chi connectivity index (χ0n) is 13.1. The molecule has 0 saturated carbocycles. The lowest BCUT2D eigenvalue weighted by Gasteiger charge is -2.06. The van der Waals surface area contributed by atoms with Gasteiger partial charge in [-0.3, -0.25) is 0 Å². The number of halogens is 2. The van der Waals surface area contributed by atoms with Crippen LogP contribution in [0.15, 0.2) is 48.7 Å². The third kappa shape index (κ3) is 4.05. The van der Waals surface area contributed by atoms with Gasteiger partial charge in [0.05, 0.1) is 17.8 Å². The molecular formula is C18H12F2N2O2S. The monoisotopic (exact) mass is 358 g/mol. The maximum Gasteiger partial charge on any atom is 0.347 e. The Morgan fingerprint density at radius 1 is 1.44 bits per heavy atom. The van der Waals surface area contributed by atoms with Gasteiger partial charge in [0.25, 0.3) is 0 Å². The van der Waals surface area contributed by atoms with Crippen LogP contribution in [0.25, 0.3) is 11.1 Å². The van der Waals surface area contributed by atoms with Crippen LogP contribution in [0.4, 0.5) is 8.78 Å². The first-order valence-corrected chi connectivity index (χ1v) is 7.79. The van der Waals surface area contributed by atoms with Crippen molar-refractivity contribution in [2.45, 2.75) is 6.92 Å². The quantitative estimate of drug-likeness (QED) is 0.622. The molecule has 1 heterocycles. The number of hydrogen-bond donors (Lipinski definition) is 1. The summed E-state index contributed by atoms with van der Waals surface area (Å²) in [5.74, 6) is -2.59. The molecule has 0 fully saturated rings. The minimum atomic E-state index is -1.10. The third-order valence-electron chi connectivity index (χ3n) is 3.34. The van der Waals surface area contributed by atoms with E-state index in [0.717, 1.165) is 23.5 Å². The number of hydrogen-bond acceptors (Lipinski definition) is 4. The van der Waals surface area contributed by atoms with Crippen LogP contribution in [0, 0.1) is 23.0 Å². The average Bonchev–Trinajstić information content (AvgIpc) is 3.05. The molecule has 0 aliphatic carbocycles. The molecule has 0 bridgehead atoms. The summed E-state index contributed by atoms with van der Waals surface area (Å²) in [7, 11) is 0. The minimum Gasteiger partial charge on any atom is -0.477 e. The van der Waals surface area contributed by atoms with E-state index in [1.54, 1.807) is 0 Å². The molecule has 2 rings (SSSR count). The second-order valence-corrected chi connectivity index (χ2v) is 5.94. The zero-order valence-corrected chi connectivity index (χ0v) is 13.9. The van der Waals surface area contributed by atoms with E-state index < -0.39 is 17.6 Å². The van der Waals surface area contributed by atoms with Crippen molar-refractivity contribution < 1.29 is 18.7 Å². The van der Waals surface area contributed by atoms with Gasteiger partial charge in [0.2, 0.25) is 0 Å². The molecule has 1 N–H and O–H groups in total. The van der Waals surface area contributed by atoms with Crippen LogP contribution in [0.1, 0.15) is 27.2 Å². The van der Waals surface area contributed by atoms with Crippen molar-refractivity contribution in [3.05, 3.63) is 75.8 Å². The number of thiazole rings is 1. The van der Waals surface area contributed by atoms with Crippen molar-refractivity contribution >= 4 is 28.5 Å². The number of carboxylic acids is 1. The summed E-state index contributed by atoms with van der Waals surface area (Å²) in [5, 5.41) is 18.7. The topological polar surface area (TPSA) is 74.0 Å². The van der Waals surface area contributed by atoms with E-state index in [-0.39, 0.29) is 16.0 Å². The zero-order chi connectivity index (χ0) is 18.6. The smallest absolute Gasteiger partial charge is 0.347 e. The largest absolute Gasteiger partial charge is 0.477 e. The fourth-order valence-corrected chi connectivity index (χ4v) is 2.80. The number of benzene rings is 1. The van der Waals surface area contributed by atoms with Gasteiger partial charge in [-0.1, -0.05) is 12.7 Å². The Morgan fingerprint density at radius 2 is 2.16 bits per heavy atom. The number of rotatable bonds is 5. The van der Waals surface area contributed by atoms with E-state index >= 15 is 0 Å². The van der Waals surface area contributed by atoms with Crippen molar-refractivity contribution in [3.8, 4) is 6.07 Å². The summed E-state index contributed by atoms with van der Waals surface area (Å²) in [4.78, 5) is 15.0. The summed E-state index contributed by atoms with van der Waals surface area (Å²) in [6, 6.07) is 5.06. The standard InChI is InChI=1S/C18H12F2N2O2S/c1-3-11(17-22-9-16(25-17)18(23)24)6-12(8-21)10(2)14-5-4-13(19)7-15(14)20/h3-7,9H,1H2,2H3,(H,23,24)/b11-6+,12-10-. The number of aromatic nitrogens is 1. The van der Waals surface area contributed by atoms with E-state index in [1.807, 2.05) is 6.07 Å². The van der Waals surface area contributed by atoms with Crippen molar-refractivity contribution in [3.63, 3.8) is 0 Å². The lowest BCUT2D eigenvalue weighted by molar-refractivity contribution is 0.0702. The van der Waals surface area contributed by atoms with E-state index in [9.17, 15) is 18.8 Å². The Hall–Kier alpha value is -3.11. The van der Waals surface area contributed by atoms with Gasteiger partial charge in [-0.25, -0.2) is 18.6 Å². The molecule has 0 saturated heterocycles. The van der Waals surface area contributed by atoms with Gasteiger partial charge in [-0.15, -0.1) is 11.3 Å². The van der Waals surface area contributed by atoms with E-state index in [2.05, 4.69) is 11.6 Å². The Bertz CT molecular complexity index is 952. The summed E-state index contributed by atoms with van der Waals surface area (Å²) in [6.07, 6.45) is 4.08. The number of aromatic carboxylic acids is 1. The van der Waals surface area contributed by atoms with E-state index in [4.69, 9.17) is 5.11 Å². The van der Waals surface area contributed by atoms with E-state index in [0.29, 0.717) is 16.2 Å². The maximum atomic E-state index is 13.9. The second kappa shape index (κ2) is 7.64. The predicted octanol–water partition coefficient (Wildman–Crippen LogP) is 4.69. The lowest BCUT2D eigenvalue weighted by atomic mass is 9.99. The highest BCUT2D eigenvalue weighted by molar-refractivity contribution is 7.14. The molecule has 2 aromatic rings. The lowest BCUT2D eigenvalue weighted by Crippen LogP contribution is -1.92. The third-order valence-corrected chi connectivity index (χ3v) is 4.38. The van der Waals surface area contributed by atoms with Crippen LogP contribution < -0.4 is 0 Å². The normalized spacial score (nSPS) is 12.3. The Kier molecular flexibility index (Phi) is 5.57. The SMILES string of the molecule is C=C/C(=C\C(C#N)=C(/C)c1ccc(F)cc1F)c1ncc(C(=O)O)s1. The van der Waals surface area contributed by atoms with Gasteiger partial charge in [-0.05, 0) is 30.7 Å². The van der Waals surface area contributed by atoms with Gasteiger partial charge in [0.15, 0.2) is 0 Å². The second-order valence-electron chi connectivity index (χ2n) is 4.91. The summed E-state index contributed by atoms with van der Waals surface area (Å²) >= 11 is 0.933. The number of nitriles is 1. The van der Waals surface area contributed by atoms with Crippen molar-refractivity contribution in [2.75, 3.05) is 0 Å². The van der Waals surface area contributed by atoms with E-state index in [1.165, 1.54) is 31.3 Å². The molecule has 0 radical (unpaired) electrons. The molecule has 4 nitrogen and oxygen atoms in total. The highest BCUT2D eigenvalue weighted by atomic mass is 32.1. The van der Waals surface area contributed by atoms with Gasteiger partial charge in [-0.2, -0.15) is 5.26 Å². The molecule has 1 aromatic carbocycles. The summed E-state index contributed by atoms with van der Waals surface area (Å²) in [6.45, 7) is 5.17. The Labute approximate surface area is 146 Å². The fraction of sp³-hybridized carbons (Fsp3) is 0.0556. The summed E-state index contributed by atoms with van der Waals surface area (Å²) in [5.41, 5.74) is 0.973. The molecular weight excluding hydrogens is 346 g/mol. The molecule has 0 spiro atoms. The van der Waals surface area contributed by atoms with Crippen molar-refractivity contribution in [1.29, 1.82) is 5.26 Å². The van der Waals surface area contributed by atoms with Crippen molar-refractivity contribution in [2.24, 2.45) is 0 Å². The van der Waals surface area contributed by atoms with Gasteiger partial charge in [0, 0.05) is 17.2 Å². The van der Waals surface area contributed by atoms with Gasteiger partial charge < -0.3 is 5.11 Å². The van der Waals surface area contributed by atoms with Crippen LogP contribution in [0.2, 0.25) is 0 Å². The first-order chi connectivity index (χ1) is 11.9. The molecule has 25 heavy (non-hydrogen) atoms. The minimum absolute atomic E-state index is 0.0477. The predicted molar refractivity (Wildman–Crippen MR) is 91.8 cm³/mol. The van der Waals surface area contributed by atoms with Gasteiger partial charge >= 0.3 is 5.97 Å². The molecule has 1 aromatic heterocycles. The average molecular weight is 358 g/mol.